The predicted octanol–water partition coefficient (Wildman–Crippen LogP) is 6.20. The molecule has 1 aliphatic carbocycles. The number of benzene rings is 2. The van der Waals surface area contributed by atoms with Crippen LogP contribution in [-0.4, -0.2) is 83.3 Å². The normalized spacial score (nSPS) is 32.1. The van der Waals surface area contributed by atoms with E-state index in [0.717, 1.165) is 70.2 Å². The largest absolute Gasteiger partial charge is 0.469 e. The predicted molar refractivity (Wildman–Crippen MR) is 188 cm³/mol. The summed E-state index contributed by atoms with van der Waals surface area (Å²) in [6.45, 7) is 8.27. The van der Waals surface area contributed by atoms with Crippen LogP contribution in [0.5, 0.6) is 0 Å². The van der Waals surface area contributed by atoms with Crippen LogP contribution in [0, 0.1) is 23.7 Å². The summed E-state index contributed by atoms with van der Waals surface area (Å²) in [6, 6.07) is 15.8. The zero-order chi connectivity index (χ0) is 32.4. The standard InChI is InChI=1S/C40H50N4O3/c1-5-23-20-43(3)36-19-32-27-9-7-8-10-33(27)42-38(32)31(18-30(23)37(36)40(46)47-4)25-11-13-28-29-15-16-44-21-24(6-2)39(45)26(22-44)12-14-34(29)41-35(28)17-25/h5,7-11,13,17,24,26,30-31,36-37,39,41-42,45H,6,12,14-16,18-22H2,1-4H3/b23-5-/t24-,26+,30-,31+,36-,37-,39-/m0/s1. The van der Waals surface area contributed by atoms with Crippen molar-refractivity contribution in [1.82, 2.24) is 19.8 Å². The van der Waals surface area contributed by atoms with Crippen molar-refractivity contribution in [1.29, 1.82) is 0 Å². The molecule has 4 aromatic rings. The van der Waals surface area contributed by atoms with Gasteiger partial charge >= 0.3 is 5.97 Å². The van der Waals surface area contributed by atoms with Crippen LogP contribution in [-0.2, 0) is 28.8 Å². The lowest BCUT2D eigenvalue weighted by Crippen LogP contribution is -2.53. The fraction of sp³-hybridized carbons (Fsp3) is 0.525. The maximum atomic E-state index is 13.6. The number of carbonyl (C=O) groups excluding carboxylic acids is 1. The van der Waals surface area contributed by atoms with E-state index in [1.807, 2.05) is 0 Å². The molecule has 248 valence electrons. The molecule has 47 heavy (non-hydrogen) atoms. The minimum Gasteiger partial charge on any atom is -0.469 e. The number of aliphatic hydroxyl groups is 1. The molecule has 0 spiro atoms. The van der Waals surface area contributed by atoms with Crippen molar-refractivity contribution in [3.63, 3.8) is 0 Å². The van der Waals surface area contributed by atoms with Crippen LogP contribution in [0.1, 0.15) is 67.1 Å². The van der Waals surface area contributed by atoms with Crippen LogP contribution in [0.4, 0.5) is 0 Å². The molecule has 2 aromatic carbocycles. The van der Waals surface area contributed by atoms with Crippen LogP contribution in [0.3, 0.4) is 0 Å². The Morgan fingerprint density at radius 3 is 2.70 bits per heavy atom. The molecule has 2 fully saturated rings. The number of carbonyl (C=O) groups is 1. The number of fused-ring (bicyclic) bond motifs is 10. The van der Waals surface area contributed by atoms with Crippen LogP contribution in [0.25, 0.3) is 21.8 Å². The fourth-order valence-electron chi connectivity index (χ4n) is 10.1. The molecule has 3 N–H and O–H groups in total. The molecule has 7 heteroatoms. The lowest BCUT2D eigenvalue weighted by atomic mass is 9.67. The molecule has 0 saturated carbocycles. The van der Waals surface area contributed by atoms with Crippen LogP contribution in [0.2, 0.25) is 0 Å². The maximum Gasteiger partial charge on any atom is 0.310 e. The summed E-state index contributed by atoms with van der Waals surface area (Å²) < 4.78 is 5.52. The number of likely N-dealkylation sites (tertiary alicyclic amines) is 1. The Bertz CT molecular complexity index is 1840. The van der Waals surface area contributed by atoms with E-state index in [2.05, 4.69) is 89.2 Å². The number of aryl methyl sites for hydroxylation is 1. The summed E-state index contributed by atoms with van der Waals surface area (Å²) in [7, 11) is 3.70. The first-order chi connectivity index (χ1) is 22.9. The number of nitrogens with one attached hydrogen (secondary N) is 2. The van der Waals surface area contributed by atoms with Gasteiger partial charge in [0, 0.05) is 71.3 Å². The molecule has 0 amide bonds. The Labute approximate surface area is 278 Å². The van der Waals surface area contributed by atoms with E-state index < -0.39 is 0 Å². The van der Waals surface area contributed by atoms with Gasteiger partial charge in [0.2, 0.25) is 0 Å². The molecule has 3 aliphatic heterocycles. The van der Waals surface area contributed by atoms with E-state index in [9.17, 15) is 9.90 Å². The van der Waals surface area contributed by atoms with Crippen molar-refractivity contribution >= 4 is 27.8 Å². The Hall–Kier alpha value is -3.39. The van der Waals surface area contributed by atoms with Crippen molar-refractivity contribution in [3.8, 4) is 0 Å². The van der Waals surface area contributed by atoms with Gasteiger partial charge in [-0.15, -0.1) is 0 Å². The molecular formula is C40H50N4O3. The van der Waals surface area contributed by atoms with E-state index in [-0.39, 0.29) is 35.9 Å². The quantitative estimate of drug-likeness (QED) is 0.185. The molecule has 8 rings (SSSR count). The monoisotopic (exact) mass is 634 g/mol. The fourth-order valence-corrected chi connectivity index (χ4v) is 10.1. The van der Waals surface area contributed by atoms with E-state index >= 15 is 0 Å². The van der Waals surface area contributed by atoms with Gasteiger partial charge in [-0.05, 0) is 99.1 Å². The molecule has 1 unspecified atom stereocenters. The number of hydrogen-bond donors (Lipinski definition) is 3. The minimum atomic E-state index is -0.218. The second kappa shape index (κ2) is 12.2. The van der Waals surface area contributed by atoms with Crippen molar-refractivity contribution < 1.29 is 14.6 Å². The first-order valence-corrected chi connectivity index (χ1v) is 17.9. The van der Waals surface area contributed by atoms with Crippen molar-refractivity contribution in [3.05, 3.63) is 82.2 Å². The average Bonchev–Trinajstić information content (AvgIpc) is 3.63. The summed E-state index contributed by atoms with van der Waals surface area (Å²) in [5.41, 5.74) is 10.4. The molecule has 0 radical (unpaired) electrons. The lowest BCUT2D eigenvalue weighted by Gasteiger charge is -2.46. The molecule has 4 bridgehead atoms. The van der Waals surface area contributed by atoms with Crippen molar-refractivity contribution in [2.24, 2.45) is 23.7 Å². The first kappa shape index (κ1) is 30.9. The number of aromatic amines is 2. The number of methoxy groups -OCH3 is 1. The van der Waals surface area contributed by atoms with Gasteiger partial charge in [-0.1, -0.05) is 48.9 Å². The summed E-state index contributed by atoms with van der Waals surface area (Å²) in [5, 5.41) is 13.7. The topological polar surface area (TPSA) is 84.6 Å². The smallest absolute Gasteiger partial charge is 0.310 e. The van der Waals surface area contributed by atoms with Gasteiger partial charge < -0.3 is 24.7 Å². The van der Waals surface area contributed by atoms with Crippen LogP contribution in [0.15, 0.2) is 54.1 Å². The summed E-state index contributed by atoms with van der Waals surface area (Å²) in [5.74, 6) is 0.611. The number of aliphatic hydroxyl groups excluding tert-OH is 1. The zero-order valence-corrected chi connectivity index (χ0v) is 28.4. The Morgan fingerprint density at radius 1 is 1.06 bits per heavy atom. The SMILES string of the molecule is C/C=C1/CN(C)[C@H]2Cc3c([nH]c4ccccc34)[C@@H](c3ccc4c5c([nH]c4c3)CC[C@@H]3CN(CC5)C[C@H](CC)[C@@H]3O)C[C@@H]1[C@@H]2C(=O)OC. The number of para-hydroxylation sites is 1. The van der Waals surface area contributed by atoms with Gasteiger partial charge in [0.05, 0.1) is 19.1 Å². The van der Waals surface area contributed by atoms with Crippen molar-refractivity contribution in [2.45, 2.75) is 70.4 Å². The molecule has 2 aromatic heterocycles. The maximum absolute atomic E-state index is 13.6. The third-order valence-corrected chi connectivity index (χ3v) is 12.6. The van der Waals surface area contributed by atoms with Gasteiger partial charge in [-0.3, -0.25) is 9.69 Å². The summed E-state index contributed by atoms with van der Waals surface area (Å²) >= 11 is 0. The minimum absolute atomic E-state index is 0.0750. The molecule has 2 saturated heterocycles. The highest BCUT2D eigenvalue weighted by Crippen LogP contribution is 2.48. The number of nitrogens with zero attached hydrogens (tertiary/aromatic N) is 2. The second-order valence-electron chi connectivity index (χ2n) is 14.9. The van der Waals surface area contributed by atoms with E-state index in [0.29, 0.717) is 11.8 Å². The summed E-state index contributed by atoms with van der Waals surface area (Å²) in [6.07, 6.45) is 7.76. The number of allylic oxidation sites excluding steroid dienone is 1. The molecular weight excluding hydrogens is 584 g/mol. The molecule has 4 aliphatic rings. The molecule has 7 nitrogen and oxygen atoms in total. The highest BCUT2D eigenvalue weighted by atomic mass is 16.5. The third kappa shape index (κ3) is 5.17. The first-order valence-electron chi connectivity index (χ1n) is 17.9. The number of likely N-dealkylation sites (N-methyl/N-ethyl adjacent to an activating group) is 1. The van der Waals surface area contributed by atoms with Crippen LogP contribution < -0.4 is 0 Å². The molecule has 8 atom stereocenters. The van der Waals surface area contributed by atoms with E-state index in [1.165, 1.54) is 49.9 Å². The molecule has 5 heterocycles. The van der Waals surface area contributed by atoms with Gasteiger partial charge in [0.1, 0.15) is 0 Å². The lowest BCUT2D eigenvalue weighted by molar-refractivity contribution is -0.151. The Balaban J connectivity index is 1.22. The average molecular weight is 635 g/mol. The number of hydrogen-bond acceptors (Lipinski definition) is 5. The Kier molecular flexibility index (Phi) is 8.06. The third-order valence-electron chi connectivity index (χ3n) is 12.6. The van der Waals surface area contributed by atoms with E-state index in [1.54, 1.807) is 7.11 Å². The number of rotatable bonds is 3. The van der Waals surface area contributed by atoms with Gasteiger partial charge in [0.25, 0.3) is 0 Å². The number of aromatic nitrogens is 2. The summed E-state index contributed by atoms with van der Waals surface area (Å²) in [4.78, 5) is 26.4. The number of H-pyrrole nitrogens is 2. The number of piperidine rings is 2. The highest BCUT2D eigenvalue weighted by Gasteiger charge is 2.47. The second-order valence-corrected chi connectivity index (χ2v) is 14.9. The Morgan fingerprint density at radius 2 is 1.89 bits per heavy atom. The number of esters is 1. The van der Waals surface area contributed by atoms with Gasteiger partial charge in [0.15, 0.2) is 0 Å². The van der Waals surface area contributed by atoms with Gasteiger partial charge in [-0.25, -0.2) is 0 Å². The number of ether oxygens (including phenoxy) is 1. The highest BCUT2D eigenvalue weighted by molar-refractivity contribution is 5.87. The van der Waals surface area contributed by atoms with E-state index in [4.69, 9.17) is 4.74 Å². The van der Waals surface area contributed by atoms with Gasteiger partial charge in [-0.2, -0.15) is 0 Å². The van der Waals surface area contributed by atoms with Crippen molar-refractivity contribution in [2.75, 3.05) is 40.3 Å². The van der Waals surface area contributed by atoms with Crippen LogP contribution >= 0.6 is 0 Å². The zero-order valence-electron chi connectivity index (χ0n) is 28.4.